The molecule has 1 saturated heterocycles. The maximum atomic E-state index is 6.00. The summed E-state index contributed by atoms with van der Waals surface area (Å²) in [5.74, 6) is 1.58. The van der Waals surface area contributed by atoms with Crippen molar-refractivity contribution in [3.8, 4) is 0 Å². The van der Waals surface area contributed by atoms with E-state index in [0.717, 1.165) is 49.7 Å². The first-order chi connectivity index (χ1) is 8.16. The number of anilines is 2. The molecule has 0 unspecified atom stereocenters. The Labute approximate surface area is 103 Å². The lowest BCUT2D eigenvalue weighted by Crippen LogP contribution is -2.30. The van der Waals surface area contributed by atoms with Gasteiger partial charge in [-0.3, -0.25) is 0 Å². The van der Waals surface area contributed by atoms with E-state index < -0.39 is 0 Å². The van der Waals surface area contributed by atoms with Gasteiger partial charge in [-0.2, -0.15) is 0 Å². The SMILES string of the molecule is Cc1cnc(N(C)CC2CCOCC2)c(N)c1. The predicted molar refractivity (Wildman–Crippen MR) is 70.2 cm³/mol. The number of nitrogen functional groups attached to an aromatic ring is 1. The summed E-state index contributed by atoms with van der Waals surface area (Å²) in [5.41, 5.74) is 7.86. The van der Waals surface area contributed by atoms with Crippen molar-refractivity contribution in [2.45, 2.75) is 19.8 Å². The third-order valence-electron chi connectivity index (χ3n) is 3.27. The molecule has 0 aliphatic carbocycles. The fraction of sp³-hybridized carbons (Fsp3) is 0.615. The first kappa shape index (κ1) is 12.2. The van der Waals surface area contributed by atoms with Crippen molar-refractivity contribution in [1.82, 2.24) is 4.98 Å². The third-order valence-corrected chi connectivity index (χ3v) is 3.27. The summed E-state index contributed by atoms with van der Waals surface area (Å²) in [6, 6.07) is 1.98. The van der Waals surface area contributed by atoms with Crippen molar-refractivity contribution >= 4 is 11.5 Å². The summed E-state index contributed by atoms with van der Waals surface area (Å²) in [6.07, 6.45) is 4.14. The highest BCUT2D eigenvalue weighted by molar-refractivity contribution is 5.62. The molecule has 0 aromatic carbocycles. The number of rotatable bonds is 3. The molecule has 94 valence electrons. The quantitative estimate of drug-likeness (QED) is 0.868. The lowest BCUT2D eigenvalue weighted by Gasteiger charge is -2.28. The van der Waals surface area contributed by atoms with E-state index >= 15 is 0 Å². The highest BCUT2D eigenvalue weighted by Crippen LogP contribution is 2.23. The number of nitrogens with zero attached hydrogens (tertiary/aromatic N) is 2. The van der Waals surface area contributed by atoms with Gasteiger partial charge in [-0.15, -0.1) is 0 Å². The summed E-state index contributed by atoms with van der Waals surface area (Å²) in [7, 11) is 2.06. The zero-order valence-corrected chi connectivity index (χ0v) is 10.6. The molecule has 2 N–H and O–H groups in total. The van der Waals surface area contributed by atoms with Gasteiger partial charge in [0, 0.05) is 33.0 Å². The van der Waals surface area contributed by atoms with E-state index in [2.05, 4.69) is 16.9 Å². The second-order valence-electron chi connectivity index (χ2n) is 4.86. The number of aromatic nitrogens is 1. The Balaban J connectivity index is 2.00. The van der Waals surface area contributed by atoms with E-state index in [9.17, 15) is 0 Å². The summed E-state index contributed by atoms with van der Waals surface area (Å²) in [6.45, 7) is 4.78. The Morgan fingerprint density at radius 2 is 2.18 bits per heavy atom. The molecule has 4 nitrogen and oxygen atoms in total. The van der Waals surface area contributed by atoms with Gasteiger partial charge in [0.15, 0.2) is 5.82 Å². The second kappa shape index (κ2) is 5.36. The molecule has 1 aromatic heterocycles. The summed E-state index contributed by atoms with van der Waals surface area (Å²) in [4.78, 5) is 6.57. The zero-order valence-electron chi connectivity index (χ0n) is 10.6. The third kappa shape index (κ3) is 3.09. The van der Waals surface area contributed by atoms with Crippen LogP contribution in [0.15, 0.2) is 12.3 Å². The average molecular weight is 235 g/mol. The first-order valence-corrected chi connectivity index (χ1v) is 6.18. The lowest BCUT2D eigenvalue weighted by molar-refractivity contribution is 0.0685. The first-order valence-electron chi connectivity index (χ1n) is 6.18. The smallest absolute Gasteiger partial charge is 0.151 e. The minimum Gasteiger partial charge on any atom is -0.396 e. The van der Waals surface area contributed by atoms with Crippen LogP contribution in [0.5, 0.6) is 0 Å². The van der Waals surface area contributed by atoms with Crippen molar-refractivity contribution in [3.63, 3.8) is 0 Å². The van der Waals surface area contributed by atoms with Crippen molar-refractivity contribution in [3.05, 3.63) is 17.8 Å². The number of ether oxygens (including phenoxy) is 1. The van der Waals surface area contributed by atoms with Gasteiger partial charge in [-0.25, -0.2) is 4.98 Å². The summed E-state index contributed by atoms with van der Waals surface area (Å²) in [5, 5.41) is 0. The number of nitrogens with two attached hydrogens (primary N) is 1. The molecule has 0 saturated carbocycles. The minimum absolute atomic E-state index is 0.691. The molecule has 0 atom stereocenters. The van der Waals surface area contributed by atoms with E-state index in [0.29, 0.717) is 5.92 Å². The molecular formula is C13H21N3O. The lowest BCUT2D eigenvalue weighted by atomic mass is 10.00. The monoisotopic (exact) mass is 235 g/mol. The fourth-order valence-corrected chi connectivity index (χ4v) is 2.31. The van der Waals surface area contributed by atoms with Crippen LogP contribution in [0.2, 0.25) is 0 Å². The Kier molecular flexibility index (Phi) is 3.84. The number of hydrogen-bond acceptors (Lipinski definition) is 4. The Morgan fingerprint density at radius 3 is 2.82 bits per heavy atom. The van der Waals surface area contributed by atoms with Gasteiger partial charge >= 0.3 is 0 Å². The van der Waals surface area contributed by atoms with Crippen LogP contribution in [-0.2, 0) is 4.74 Å². The van der Waals surface area contributed by atoms with Crippen LogP contribution < -0.4 is 10.6 Å². The molecule has 1 aliphatic rings. The molecule has 1 aromatic rings. The van der Waals surface area contributed by atoms with Gasteiger partial charge in [0.1, 0.15) is 0 Å². The highest BCUT2D eigenvalue weighted by atomic mass is 16.5. The molecular weight excluding hydrogens is 214 g/mol. The van der Waals surface area contributed by atoms with E-state index in [1.54, 1.807) is 0 Å². The standard InChI is InChI=1S/C13H21N3O/c1-10-7-12(14)13(15-8-10)16(2)9-11-3-5-17-6-4-11/h7-8,11H,3-6,9,14H2,1-2H3. The maximum absolute atomic E-state index is 6.00. The molecule has 1 fully saturated rings. The van der Waals surface area contributed by atoms with Crippen LogP contribution in [0.3, 0.4) is 0 Å². The molecule has 2 rings (SSSR count). The van der Waals surface area contributed by atoms with Crippen LogP contribution >= 0.6 is 0 Å². The normalized spacial score (nSPS) is 17.1. The van der Waals surface area contributed by atoms with Gasteiger partial charge in [0.05, 0.1) is 5.69 Å². The molecule has 1 aliphatic heterocycles. The summed E-state index contributed by atoms with van der Waals surface area (Å²) >= 11 is 0. The van der Waals surface area contributed by atoms with Crippen molar-refractivity contribution in [2.75, 3.05) is 37.4 Å². The van der Waals surface area contributed by atoms with Gasteiger partial charge in [-0.1, -0.05) is 0 Å². The van der Waals surface area contributed by atoms with Crippen molar-refractivity contribution < 1.29 is 4.74 Å². The van der Waals surface area contributed by atoms with E-state index in [4.69, 9.17) is 10.5 Å². The molecule has 0 bridgehead atoms. The largest absolute Gasteiger partial charge is 0.396 e. The Morgan fingerprint density at radius 1 is 1.47 bits per heavy atom. The van der Waals surface area contributed by atoms with E-state index in [1.807, 2.05) is 19.2 Å². The van der Waals surface area contributed by atoms with Crippen molar-refractivity contribution in [2.24, 2.45) is 5.92 Å². The van der Waals surface area contributed by atoms with Crippen LogP contribution in [0.1, 0.15) is 18.4 Å². The molecule has 0 radical (unpaired) electrons. The molecule has 0 amide bonds. The number of pyridine rings is 1. The van der Waals surface area contributed by atoms with Crippen LogP contribution in [0.4, 0.5) is 11.5 Å². The Bertz CT molecular complexity index is 375. The number of aryl methyl sites for hydroxylation is 1. The molecule has 2 heterocycles. The topological polar surface area (TPSA) is 51.4 Å². The molecule has 0 spiro atoms. The average Bonchev–Trinajstić information content (AvgIpc) is 2.30. The fourth-order valence-electron chi connectivity index (χ4n) is 2.31. The maximum Gasteiger partial charge on any atom is 0.151 e. The Hall–Kier alpha value is -1.29. The summed E-state index contributed by atoms with van der Waals surface area (Å²) < 4.78 is 5.37. The van der Waals surface area contributed by atoms with Crippen LogP contribution in [0.25, 0.3) is 0 Å². The predicted octanol–water partition coefficient (Wildman–Crippen LogP) is 1.84. The van der Waals surface area contributed by atoms with Crippen molar-refractivity contribution in [1.29, 1.82) is 0 Å². The van der Waals surface area contributed by atoms with Gasteiger partial charge < -0.3 is 15.4 Å². The minimum atomic E-state index is 0.691. The van der Waals surface area contributed by atoms with E-state index in [1.165, 1.54) is 0 Å². The van der Waals surface area contributed by atoms with Gasteiger partial charge in [0.2, 0.25) is 0 Å². The number of hydrogen-bond donors (Lipinski definition) is 1. The molecule has 4 heteroatoms. The second-order valence-corrected chi connectivity index (χ2v) is 4.86. The van der Waals surface area contributed by atoms with Gasteiger partial charge in [0.25, 0.3) is 0 Å². The molecule has 17 heavy (non-hydrogen) atoms. The zero-order chi connectivity index (χ0) is 12.3. The van der Waals surface area contributed by atoms with Crippen LogP contribution in [-0.4, -0.2) is 31.8 Å². The van der Waals surface area contributed by atoms with Crippen LogP contribution in [0, 0.1) is 12.8 Å². The van der Waals surface area contributed by atoms with Gasteiger partial charge in [-0.05, 0) is 37.3 Å². The highest BCUT2D eigenvalue weighted by Gasteiger charge is 2.17. The van der Waals surface area contributed by atoms with E-state index in [-0.39, 0.29) is 0 Å².